The Kier molecular flexibility index (Phi) is 3.88. The van der Waals surface area contributed by atoms with E-state index < -0.39 is 5.54 Å². The summed E-state index contributed by atoms with van der Waals surface area (Å²) in [6.07, 6.45) is 10.4. The molecule has 2 aromatic heterocycles. The first kappa shape index (κ1) is 15.4. The monoisotopic (exact) mass is 328 g/mol. The third kappa shape index (κ3) is 2.62. The molecule has 0 aliphatic carbocycles. The fourth-order valence-electron chi connectivity index (χ4n) is 3.77. The largest absolute Gasteiger partial charge is 0.340 e. The number of piperidine rings is 1. The lowest BCUT2D eigenvalue weighted by atomic mass is 9.85. The lowest BCUT2D eigenvalue weighted by molar-refractivity contribution is -0.148. The molecule has 0 spiro atoms. The fraction of sp³-hybridized carbons (Fsp3) is 0.588. The predicted molar refractivity (Wildman–Crippen MR) is 89.1 cm³/mol. The van der Waals surface area contributed by atoms with E-state index in [1.54, 1.807) is 6.20 Å². The molecule has 2 aliphatic rings. The van der Waals surface area contributed by atoms with Crippen LogP contribution < -0.4 is 0 Å². The molecule has 0 saturated carbocycles. The predicted octanol–water partition coefficient (Wildman–Crippen LogP) is 0.840. The molecule has 0 unspecified atom stereocenters. The van der Waals surface area contributed by atoms with Gasteiger partial charge in [0.25, 0.3) is 5.91 Å². The van der Waals surface area contributed by atoms with Gasteiger partial charge in [0.05, 0.1) is 6.20 Å². The van der Waals surface area contributed by atoms with Crippen molar-refractivity contribution in [2.45, 2.75) is 31.3 Å². The third-order valence-corrected chi connectivity index (χ3v) is 5.33. The number of carbonyl (C=O) groups excluding carboxylic acids is 1. The van der Waals surface area contributed by atoms with Crippen LogP contribution in [0.2, 0.25) is 0 Å². The van der Waals surface area contributed by atoms with Crippen LogP contribution in [0.1, 0.15) is 24.8 Å². The lowest BCUT2D eigenvalue weighted by Gasteiger charge is -2.45. The first-order valence-electron chi connectivity index (χ1n) is 8.67. The Morgan fingerprint density at radius 2 is 2.00 bits per heavy atom. The summed E-state index contributed by atoms with van der Waals surface area (Å²) in [7, 11) is 1.94. The number of carbonyl (C=O) groups is 1. The molecule has 24 heavy (non-hydrogen) atoms. The smallest absolute Gasteiger partial charge is 0.250 e. The summed E-state index contributed by atoms with van der Waals surface area (Å²) >= 11 is 0. The van der Waals surface area contributed by atoms with Crippen molar-refractivity contribution < 1.29 is 4.79 Å². The number of rotatable bonds is 4. The van der Waals surface area contributed by atoms with Gasteiger partial charge in [-0.1, -0.05) is 0 Å². The van der Waals surface area contributed by atoms with E-state index in [1.807, 2.05) is 39.8 Å². The number of nitrogens with zero attached hydrogens (tertiary/aromatic N) is 6. The van der Waals surface area contributed by atoms with E-state index in [0.717, 1.165) is 52.0 Å². The first-order valence-corrected chi connectivity index (χ1v) is 8.67. The normalized spacial score (nSPS) is 20.8. The molecule has 0 N–H and O–H groups in total. The number of hydrogen-bond donors (Lipinski definition) is 0. The highest BCUT2D eigenvalue weighted by Gasteiger charge is 2.46. The molecule has 0 bridgehead atoms. The number of amides is 1. The van der Waals surface area contributed by atoms with Gasteiger partial charge in [0.15, 0.2) is 0 Å². The molecule has 0 radical (unpaired) electrons. The molecule has 0 aromatic carbocycles. The second-order valence-corrected chi connectivity index (χ2v) is 6.93. The van der Waals surface area contributed by atoms with Crippen LogP contribution in [0.25, 0.3) is 0 Å². The van der Waals surface area contributed by atoms with E-state index in [2.05, 4.69) is 21.3 Å². The van der Waals surface area contributed by atoms with Crippen LogP contribution in [0.4, 0.5) is 0 Å². The van der Waals surface area contributed by atoms with Crippen molar-refractivity contribution in [3.05, 3.63) is 36.4 Å². The summed E-state index contributed by atoms with van der Waals surface area (Å²) in [6.45, 7) is 4.46. The van der Waals surface area contributed by atoms with Crippen molar-refractivity contribution in [2.75, 3.05) is 26.2 Å². The van der Waals surface area contributed by atoms with Gasteiger partial charge in [-0.3, -0.25) is 19.1 Å². The average molecular weight is 328 g/mol. The maximum atomic E-state index is 13.1. The minimum Gasteiger partial charge on any atom is -0.340 e. The molecule has 1 amide bonds. The minimum absolute atomic E-state index is 0.249. The van der Waals surface area contributed by atoms with Gasteiger partial charge in [-0.25, -0.2) is 0 Å². The van der Waals surface area contributed by atoms with Crippen molar-refractivity contribution in [2.24, 2.45) is 7.05 Å². The van der Waals surface area contributed by atoms with Gasteiger partial charge < -0.3 is 4.90 Å². The Balaban J connectivity index is 1.49. The summed E-state index contributed by atoms with van der Waals surface area (Å²) in [6, 6.07) is 1.91. The van der Waals surface area contributed by atoms with Crippen molar-refractivity contribution in [3.63, 3.8) is 0 Å². The van der Waals surface area contributed by atoms with Gasteiger partial charge in [-0.2, -0.15) is 10.2 Å². The Morgan fingerprint density at radius 1 is 1.21 bits per heavy atom. The van der Waals surface area contributed by atoms with Crippen molar-refractivity contribution >= 4 is 5.91 Å². The second-order valence-electron chi connectivity index (χ2n) is 6.93. The lowest BCUT2D eigenvalue weighted by Crippen LogP contribution is -2.59. The van der Waals surface area contributed by atoms with Gasteiger partial charge >= 0.3 is 0 Å². The van der Waals surface area contributed by atoms with Gasteiger partial charge in [0, 0.05) is 63.9 Å². The highest BCUT2D eigenvalue weighted by atomic mass is 16.2. The molecule has 7 nitrogen and oxygen atoms in total. The van der Waals surface area contributed by atoms with Crippen molar-refractivity contribution in [1.29, 1.82) is 0 Å². The molecular formula is C17H24N6O. The molecule has 4 rings (SSSR count). The zero-order chi connectivity index (χ0) is 16.6. The zero-order valence-electron chi connectivity index (χ0n) is 14.1. The minimum atomic E-state index is -0.505. The molecule has 2 fully saturated rings. The van der Waals surface area contributed by atoms with Crippen molar-refractivity contribution in [3.8, 4) is 0 Å². The van der Waals surface area contributed by atoms with E-state index in [4.69, 9.17) is 0 Å². The highest BCUT2D eigenvalue weighted by Crippen LogP contribution is 2.33. The molecule has 128 valence electrons. The van der Waals surface area contributed by atoms with Crippen LogP contribution in [-0.4, -0.2) is 61.4 Å². The average Bonchev–Trinajstić information content (AvgIpc) is 3.18. The fourth-order valence-corrected chi connectivity index (χ4v) is 3.77. The Bertz CT molecular complexity index is 694. The Labute approximate surface area is 141 Å². The van der Waals surface area contributed by atoms with E-state index in [-0.39, 0.29) is 5.91 Å². The maximum Gasteiger partial charge on any atom is 0.250 e. The molecule has 2 aliphatic heterocycles. The number of aryl methyl sites for hydroxylation is 1. The van der Waals surface area contributed by atoms with Crippen LogP contribution in [0, 0.1) is 0 Å². The topological polar surface area (TPSA) is 59.2 Å². The summed E-state index contributed by atoms with van der Waals surface area (Å²) in [5.41, 5.74) is 0.716. The Morgan fingerprint density at radius 3 is 2.54 bits per heavy atom. The zero-order valence-corrected chi connectivity index (χ0v) is 14.1. The van der Waals surface area contributed by atoms with E-state index in [0.29, 0.717) is 0 Å². The number of aromatic nitrogens is 4. The van der Waals surface area contributed by atoms with Crippen molar-refractivity contribution in [1.82, 2.24) is 29.4 Å². The molecule has 2 aromatic rings. The number of likely N-dealkylation sites (tertiary alicyclic amines) is 2. The van der Waals surface area contributed by atoms with Gasteiger partial charge in [-0.05, 0) is 25.3 Å². The van der Waals surface area contributed by atoms with E-state index >= 15 is 0 Å². The first-order chi connectivity index (χ1) is 11.7. The summed E-state index contributed by atoms with van der Waals surface area (Å²) in [5, 5.41) is 8.66. The SMILES string of the molecule is Cn1cc(CN2CCC(C(=O)N3CCC3)(n3cccn3)CC2)cn1. The summed E-state index contributed by atoms with van der Waals surface area (Å²) in [5.74, 6) is 0.249. The van der Waals surface area contributed by atoms with Crippen LogP contribution in [0.3, 0.4) is 0 Å². The van der Waals surface area contributed by atoms with Crippen LogP contribution in [-0.2, 0) is 23.9 Å². The van der Waals surface area contributed by atoms with Crippen LogP contribution >= 0.6 is 0 Å². The summed E-state index contributed by atoms with van der Waals surface area (Å²) in [4.78, 5) is 17.5. The standard InChI is InChI=1S/C17H24N6O/c1-20-13-15(12-19-20)14-21-10-4-17(5-11-21,23-9-2-6-18-23)16(24)22-7-3-8-22/h2,6,9,12-13H,3-5,7-8,10-11,14H2,1H3. The maximum absolute atomic E-state index is 13.1. The quantitative estimate of drug-likeness (QED) is 0.834. The van der Waals surface area contributed by atoms with E-state index in [1.165, 1.54) is 5.56 Å². The van der Waals surface area contributed by atoms with Gasteiger partial charge in [0.2, 0.25) is 0 Å². The molecule has 7 heteroatoms. The van der Waals surface area contributed by atoms with Gasteiger partial charge in [-0.15, -0.1) is 0 Å². The molecule has 2 saturated heterocycles. The third-order valence-electron chi connectivity index (χ3n) is 5.33. The summed E-state index contributed by atoms with van der Waals surface area (Å²) < 4.78 is 3.73. The van der Waals surface area contributed by atoms with Crippen LogP contribution in [0.5, 0.6) is 0 Å². The van der Waals surface area contributed by atoms with E-state index in [9.17, 15) is 4.79 Å². The highest BCUT2D eigenvalue weighted by molar-refractivity contribution is 5.85. The Hall–Kier alpha value is -2.15. The van der Waals surface area contributed by atoms with Gasteiger partial charge in [0.1, 0.15) is 5.54 Å². The van der Waals surface area contributed by atoms with Crippen LogP contribution in [0.15, 0.2) is 30.9 Å². The second kappa shape index (κ2) is 6.05. The molecule has 4 heterocycles. The number of hydrogen-bond acceptors (Lipinski definition) is 4. The molecular weight excluding hydrogens is 304 g/mol. The molecule has 0 atom stereocenters.